The predicted molar refractivity (Wildman–Crippen MR) is 129 cm³/mol. The summed E-state index contributed by atoms with van der Waals surface area (Å²) in [6.45, 7) is 0. The van der Waals surface area contributed by atoms with Gasteiger partial charge in [0.2, 0.25) is 0 Å². The number of aliphatic hydroxyl groups excluding tert-OH is 1. The van der Waals surface area contributed by atoms with Crippen LogP contribution in [0.15, 0.2) is 72.9 Å². The Morgan fingerprint density at radius 1 is 0.875 bits per heavy atom. The van der Waals surface area contributed by atoms with Crippen molar-refractivity contribution in [3.63, 3.8) is 0 Å². The molecule has 4 nitrogen and oxygen atoms in total. The molecule has 3 N–H and O–H groups in total. The summed E-state index contributed by atoms with van der Waals surface area (Å²) in [7, 11) is 0. The van der Waals surface area contributed by atoms with Crippen molar-refractivity contribution < 1.29 is 10.2 Å². The Bertz CT molecular complexity index is 994. The van der Waals surface area contributed by atoms with Gasteiger partial charge in [0.25, 0.3) is 0 Å². The van der Waals surface area contributed by atoms with Crippen molar-refractivity contribution in [1.29, 1.82) is 0 Å². The van der Waals surface area contributed by atoms with E-state index in [4.69, 9.17) is 23.2 Å². The SMILES string of the molecule is OC(O)CCC(c1cccc(Cl)c1)C(NC(c1ccccn1)C1CC1)c1ccc(Cl)cc1. The molecule has 0 saturated heterocycles. The Labute approximate surface area is 199 Å². The molecule has 1 aromatic heterocycles. The van der Waals surface area contributed by atoms with Crippen LogP contribution in [0.3, 0.4) is 0 Å². The predicted octanol–water partition coefficient (Wildman–Crippen LogP) is 6.05. The number of nitrogens with zero attached hydrogens (tertiary/aromatic N) is 1. The van der Waals surface area contributed by atoms with Crippen LogP contribution in [-0.2, 0) is 0 Å². The Hall–Kier alpha value is -1.95. The number of hydrogen-bond donors (Lipinski definition) is 3. The molecule has 0 bridgehead atoms. The van der Waals surface area contributed by atoms with Gasteiger partial charge in [-0.05, 0) is 79.1 Å². The summed E-state index contributed by atoms with van der Waals surface area (Å²) in [6.07, 6.45) is 3.65. The van der Waals surface area contributed by atoms with E-state index in [1.807, 2.05) is 60.8 Å². The third-order valence-electron chi connectivity index (χ3n) is 6.10. The highest BCUT2D eigenvalue weighted by atomic mass is 35.5. The highest BCUT2D eigenvalue weighted by molar-refractivity contribution is 6.30. The van der Waals surface area contributed by atoms with Crippen molar-refractivity contribution in [2.45, 2.75) is 50.0 Å². The van der Waals surface area contributed by atoms with E-state index in [9.17, 15) is 10.2 Å². The summed E-state index contributed by atoms with van der Waals surface area (Å²) in [4.78, 5) is 4.64. The van der Waals surface area contributed by atoms with E-state index in [1.165, 1.54) is 12.8 Å². The fourth-order valence-corrected chi connectivity index (χ4v) is 4.68. The quantitative estimate of drug-likeness (QED) is 0.315. The number of rotatable bonds is 10. The van der Waals surface area contributed by atoms with Crippen LogP contribution >= 0.6 is 23.2 Å². The Kier molecular flexibility index (Phi) is 7.82. The largest absolute Gasteiger partial charge is 0.368 e. The van der Waals surface area contributed by atoms with Crippen LogP contribution in [0.1, 0.15) is 60.5 Å². The summed E-state index contributed by atoms with van der Waals surface area (Å²) in [6, 6.07) is 21.7. The zero-order chi connectivity index (χ0) is 22.5. The van der Waals surface area contributed by atoms with Gasteiger partial charge in [0.1, 0.15) is 0 Å². The van der Waals surface area contributed by atoms with E-state index >= 15 is 0 Å². The van der Waals surface area contributed by atoms with Crippen LogP contribution in [0.25, 0.3) is 0 Å². The van der Waals surface area contributed by atoms with Gasteiger partial charge >= 0.3 is 0 Å². The van der Waals surface area contributed by atoms with Gasteiger partial charge in [0, 0.05) is 28.2 Å². The topological polar surface area (TPSA) is 65.4 Å². The molecule has 32 heavy (non-hydrogen) atoms. The smallest absolute Gasteiger partial charge is 0.151 e. The van der Waals surface area contributed by atoms with E-state index < -0.39 is 6.29 Å². The van der Waals surface area contributed by atoms with Crippen LogP contribution in [0.4, 0.5) is 0 Å². The first kappa shape index (κ1) is 23.2. The zero-order valence-corrected chi connectivity index (χ0v) is 19.3. The van der Waals surface area contributed by atoms with Crippen molar-refractivity contribution in [1.82, 2.24) is 10.3 Å². The zero-order valence-electron chi connectivity index (χ0n) is 17.7. The average molecular weight is 471 g/mol. The number of benzene rings is 2. The van der Waals surface area contributed by atoms with Crippen molar-refractivity contribution >= 4 is 23.2 Å². The first-order valence-electron chi connectivity index (χ1n) is 11.1. The number of hydrogen-bond acceptors (Lipinski definition) is 4. The lowest BCUT2D eigenvalue weighted by molar-refractivity contribution is -0.0480. The minimum atomic E-state index is -1.36. The Morgan fingerprint density at radius 3 is 2.28 bits per heavy atom. The molecule has 1 aliphatic rings. The molecule has 1 saturated carbocycles. The standard InChI is InChI=1S/C26H28Cl2N2O2/c27-20-11-9-17(10-12-20)25(30-26(18-7-8-18)23-6-1-2-15-29-23)22(13-14-24(31)32)19-4-3-5-21(28)16-19/h1-6,9-12,15-16,18,22,24-26,30-32H,7-8,13-14H2. The first-order valence-corrected chi connectivity index (χ1v) is 11.8. The molecule has 1 aliphatic carbocycles. The van der Waals surface area contributed by atoms with Crippen LogP contribution in [0.5, 0.6) is 0 Å². The molecule has 6 heteroatoms. The minimum absolute atomic E-state index is 0.0263. The molecule has 3 unspecified atom stereocenters. The van der Waals surface area contributed by atoms with E-state index in [1.54, 1.807) is 0 Å². The van der Waals surface area contributed by atoms with Crippen LogP contribution in [-0.4, -0.2) is 21.5 Å². The Balaban J connectivity index is 1.74. The van der Waals surface area contributed by atoms with Gasteiger partial charge in [-0.25, -0.2) is 0 Å². The van der Waals surface area contributed by atoms with Gasteiger partial charge in [0.05, 0.1) is 11.7 Å². The molecule has 4 rings (SSSR count). The molecule has 3 aromatic rings. The van der Waals surface area contributed by atoms with E-state index in [-0.39, 0.29) is 24.4 Å². The van der Waals surface area contributed by atoms with Gasteiger partial charge in [0.15, 0.2) is 6.29 Å². The summed E-state index contributed by atoms with van der Waals surface area (Å²) in [5, 5.41) is 24.5. The first-order chi connectivity index (χ1) is 15.5. The van der Waals surface area contributed by atoms with Crippen LogP contribution in [0, 0.1) is 5.92 Å². The number of aliphatic hydroxyl groups is 2. The lowest BCUT2D eigenvalue weighted by atomic mass is 9.82. The highest BCUT2D eigenvalue weighted by Crippen LogP contribution is 2.44. The number of pyridine rings is 1. The summed E-state index contributed by atoms with van der Waals surface area (Å²) < 4.78 is 0. The van der Waals surface area contributed by atoms with Gasteiger partial charge in [-0.1, -0.05) is 53.5 Å². The third kappa shape index (κ3) is 6.09. The second kappa shape index (κ2) is 10.8. The second-order valence-corrected chi connectivity index (χ2v) is 9.36. The maximum Gasteiger partial charge on any atom is 0.151 e. The molecule has 2 aromatic carbocycles. The van der Waals surface area contributed by atoms with E-state index in [0.717, 1.165) is 16.8 Å². The van der Waals surface area contributed by atoms with Gasteiger partial charge in [-0.15, -0.1) is 0 Å². The average Bonchev–Trinajstić information content (AvgIpc) is 3.62. The summed E-state index contributed by atoms with van der Waals surface area (Å²) in [5.41, 5.74) is 3.18. The lowest BCUT2D eigenvalue weighted by Gasteiger charge is -2.33. The van der Waals surface area contributed by atoms with Crippen molar-refractivity contribution in [2.24, 2.45) is 5.92 Å². The van der Waals surface area contributed by atoms with Crippen molar-refractivity contribution in [3.05, 3.63) is 99.8 Å². The molecule has 168 valence electrons. The molecular weight excluding hydrogens is 443 g/mol. The molecule has 3 atom stereocenters. The number of nitrogens with one attached hydrogen (secondary N) is 1. The van der Waals surface area contributed by atoms with Gasteiger partial charge in [-0.3, -0.25) is 4.98 Å². The maximum atomic E-state index is 9.63. The highest BCUT2D eigenvalue weighted by Gasteiger charge is 2.37. The van der Waals surface area contributed by atoms with Crippen molar-refractivity contribution in [2.75, 3.05) is 0 Å². The number of aromatic nitrogens is 1. The third-order valence-corrected chi connectivity index (χ3v) is 6.59. The fraction of sp³-hybridized carbons (Fsp3) is 0.346. The molecule has 0 amide bonds. The molecule has 1 fully saturated rings. The van der Waals surface area contributed by atoms with Crippen LogP contribution < -0.4 is 5.32 Å². The van der Waals surface area contributed by atoms with E-state index in [2.05, 4.69) is 22.4 Å². The lowest BCUT2D eigenvalue weighted by Crippen LogP contribution is -2.33. The molecule has 0 aliphatic heterocycles. The van der Waals surface area contributed by atoms with E-state index in [0.29, 0.717) is 22.4 Å². The maximum absolute atomic E-state index is 9.63. The second-order valence-electron chi connectivity index (χ2n) is 8.49. The monoisotopic (exact) mass is 470 g/mol. The van der Waals surface area contributed by atoms with Gasteiger partial charge < -0.3 is 15.5 Å². The molecular formula is C26H28Cl2N2O2. The summed E-state index contributed by atoms with van der Waals surface area (Å²) >= 11 is 12.5. The summed E-state index contributed by atoms with van der Waals surface area (Å²) in [5.74, 6) is 0.504. The molecule has 1 heterocycles. The minimum Gasteiger partial charge on any atom is -0.368 e. The molecule has 0 spiro atoms. The van der Waals surface area contributed by atoms with Crippen molar-refractivity contribution in [3.8, 4) is 0 Å². The molecule has 0 radical (unpaired) electrons. The fourth-order valence-electron chi connectivity index (χ4n) is 4.35. The Morgan fingerprint density at radius 2 is 1.66 bits per heavy atom. The number of halogens is 2. The normalized spacial score (nSPS) is 16.7. The van der Waals surface area contributed by atoms with Crippen LogP contribution in [0.2, 0.25) is 10.0 Å². The van der Waals surface area contributed by atoms with Gasteiger partial charge in [-0.2, -0.15) is 0 Å².